The Balaban J connectivity index is 3.64. The fraction of sp³-hybridized carbons (Fsp3) is 1.00. The molecule has 5 heteroatoms. The highest BCUT2D eigenvalue weighted by Gasteiger charge is 2.07. The van der Waals surface area contributed by atoms with Gasteiger partial charge < -0.3 is 0 Å². The van der Waals surface area contributed by atoms with Crippen LogP contribution in [-0.2, 0) is 20.6 Å². The van der Waals surface area contributed by atoms with E-state index >= 15 is 0 Å². The number of hydrogen-bond donors (Lipinski definition) is 0. The highest BCUT2D eigenvalue weighted by atomic mass is 32.2. The highest BCUT2D eigenvalue weighted by molar-refractivity contribution is 7.91. The van der Waals surface area contributed by atoms with E-state index in [1.807, 2.05) is 6.92 Å². The van der Waals surface area contributed by atoms with Gasteiger partial charge in [0, 0.05) is 28.1 Å². The molecule has 1 unspecified atom stereocenters. The number of hydrogen-bond acceptors (Lipinski definition) is 3. The van der Waals surface area contributed by atoms with Crippen LogP contribution in [0, 0.1) is 0 Å². The van der Waals surface area contributed by atoms with Crippen molar-refractivity contribution in [2.24, 2.45) is 0 Å². The van der Waals surface area contributed by atoms with Crippen LogP contribution in [0.15, 0.2) is 0 Å². The highest BCUT2D eigenvalue weighted by Crippen LogP contribution is 1.95. The Bertz CT molecular complexity index is 231. The molecular weight excluding hydrogens is 196 g/mol. The van der Waals surface area contributed by atoms with E-state index in [0.29, 0.717) is 17.9 Å². The summed E-state index contributed by atoms with van der Waals surface area (Å²) in [6.07, 6.45) is 0.524. The zero-order valence-electron chi connectivity index (χ0n) is 7.58. The van der Waals surface area contributed by atoms with Crippen LogP contribution < -0.4 is 0 Å². The van der Waals surface area contributed by atoms with Crippen molar-refractivity contribution < 1.29 is 12.6 Å². The van der Waals surface area contributed by atoms with E-state index in [-0.39, 0.29) is 11.5 Å². The van der Waals surface area contributed by atoms with E-state index in [2.05, 4.69) is 0 Å². The monoisotopic (exact) mass is 212 g/mol. The van der Waals surface area contributed by atoms with Crippen molar-refractivity contribution in [2.75, 3.05) is 23.0 Å². The Kier molecular flexibility index (Phi) is 5.74. The van der Waals surface area contributed by atoms with Crippen molar-refractivity contribution in [2.45, 2.75) is 20.3 Å². The molecule has 0 fully saturated rings. The van der Waals surface area contributed by atoms with Crippen molar-refractivity contribution in [3.8, 4) is 0 Å². The molecular formula is C7H16O3S2. The lowest BCUT2D eigenvalue weighted by molar-refractivity contribution is 0.596. The van der Waals surface area contributed by atoms with E-state index in [0.717, 1.165) is 0 Å². The fourth-order valence-electron chi connectivity index (χ4n) is 0.729. The Morgan fingerprint density at radius 1 is 1.25 bits per heavy atom. The van der Waals surface area contributed by atoms with Crippen LogP contribution >= 0.6 is 0 Å². The van der Waals surface area contributed by atoms with Crippen LogP contribution in [0.1, 0.15) is 20.3 Å². The van der Waals surface area contributed by atoms with Gasteiger partial charge >= 0.3 is 0 Å². The molecule has 0 aliphatic carbocycles. The normalized spacial score (nSPS) is 14.5. The van der Waals surface area contributed by atoms with Crippen LogP contribution in [0.2, 0.25) is 0 Å². The van der Waals surface area contributed by atoms with Gasteiger partial charge in [-0.05, 0) is 6.42 Å². The molecule has 0 rings (SSSR count). The third-order valence-corrected chi connectivity index (χ3v) is 4.77. The van der Waals surface area contributed by atoms with Gasteiger partial charge in [-0.25, -0.2) is 8.42 Å². The van der Waals surface area contributed by atoms with Crippen molar-refractivity contribution in [3.63, 3.8) is 0 Å². The van der Waals surface area contributed by atoms with Gasteiger partial charge in [-0.3, -0.25) is 4.21 Å². The maximum Gasteiger partial charge on any atom is 0.150 e. The standard InChI is InChI=1S/C7H16O3S2/c1-3-11(8)6-5-7-12(9,10)4-2/h3-7H2,1-2H3. The molecule has 0 aromatic heterocycles. The SMILES string of the molecule is CCS(=O)CCCS(=O)(=O)CC. The first-order valence-electron chi connectivity index (χ1n) is 4.07. The molecule has 0 radical (unpaired) electrons. The summed E-state index contributed by atoms with van der Waals surface area (Å²) >= 11 is 0. The quantitative estimate of drug-likeness (QED) is 0.647. The summed E-state index contributed by atoms with van der Waals surface area (Å²) in [6.45, 7) is 3.47. The second-order valence-electron chi connectivity index (χ2n) is 2.52. The average Bonchev–Trinajstić information content (AvgIpc) is 2.04. The molecule has 0 heterocycles. The van der Waals surface area contributed by atoms with E-state index in [1.54, 1.807) is 6.92 Å². The molecule has 12 heavy (non-hydrogen) atoms. The Morgan fingerprint density at radius 2 is 1.83 bits per heavy atom. The summed E-state index contributed by atoms with van der Waals surface area (Å²) in [4.78, 5) is 0. The first-order chi connectivity index (χ1) is 5.52. The number of rotatable bonds is 6. The Hall–Kier alpha value is 0.1000. The van der Waals surface area contributed by atoms with Gasteiger partial charge in [-0.2, -0.15) is 0 Å². The zero-order valence-corrected chi connectivity index (χ0v) is 9.21. The van der Waals surface area contributed by atoms with E-state index in [1.165, 1.54) is 0 Å². The van der Waals surface area contributed by atoms with Crippen LogP contribution in [0.5, 0.6) is 0 Å². The lowest BCUT2D eigenvalue weighted by Gasteiger charge is -1.99. The number of sulfone groups is 1. The Morgan fingerprint density at radius 3 is 2.25 bits per heavy atom. The van der Waals surface area contributed by atoms with Gasteiger partial charge in [0.15, 0.2) is 0 Å². The van der Waals surface area contributed by atoms with Crippen LogP contribution in [0.4, 0.5) is 0 Å². The minimum Gasteiger partial charge on any atom is -0.260 e. The van der Waals surface area contributed by atoms with Crippen molar-refractivity contribution in [1.29, 1.82) is 0 Å². The summed E-state index contributed by atoms with van der Waals surface area (Å²) in [5.41, 5.74) is 0. The molecule has 0 amide bonds. The molecule has 0 aromatic carbocycles. The first kappa shape index (κ1) is 12.1. The van der Waals surface area contributed by atoms with Gasteiger partial charge in [0.2, 0.25) is 0 Å². The molecule has 0 aromatic rings. The van der Waals surface area contributed by atoms with E-state index in [9.17, 15) is 12.6 Å². The molecule has 0 bridgehead atoms. The molecule has 0 spiro atoms. The molecule has 0 saturated heterocycles. The van der Waals surface area contributed by atoms with Gasteiger partial charge in [-0.15, -0.1) is 0 Å². The van der Waals surface area contributed by atoms with Gasteiger partial charge in [-0.1, -0.05) is 13.8 Å². The van der Waals surface area contributed by atoms with Crippen LogP contribution in [-0.4, -0.2) is 35.6 Å². The summed E-state index contributed by atoms with van der Waals surface area (Å²) in [6, 6.07) is 0. The summed E-state index contributed by atoms with van der Waals surface area (Å²) in [7, 11) is -3.69. The van der Waals surface area contributed by atoms with Gasteiger partial charge in [0.05, 0.1) is 5.75 Å². The third kappa shape index (κ3) is 5.71. The Labute approximate surface area is 76.9 Å². The smallest absolute Gasteiger partial charge is 0.150 e. The molecule has 0 aliphatic rings. The van der Waals surface area contributed by atoms with Crippen molar-refractivity contribution in [3.05, 3.63) is 0 Å². The molecule has 0 saturated carbocycles. The average molecular weight is 212 g/mol. The first-order valence-corrected chi connectivity index (χ1v) is 7.38. The molecule has 74 valence electrons. The van der Waals surface area contributed by atoms with Crippen molar-refractivity contribution in [1.82, 2.24) is 0 Å². The minimum atomic E-state index is -2.86. The molecule has 3 nitrogen and oxygen atoms in total. The second kappa shape index (κ2) is 5.70. The van der Waals surface area contributed by atoms with E-state index < -0.39 is 20.6 Å². The van der Waals surface area contributed by atoms with Crippen LogP contribution in [0.25, 0.3) is 0 Å². The lowest BCUT2D eigenvalue weighted by atomic mass is 10.6. The van der Waals surface area contributed by atoms with Crippen LogP contribution in [0.3, 0.4) is 0 Å². The third-order valence-electron chi connectivity index (χ3n) is 1.59. The maximum absolute atomic E-state index is 11.0. The predicted octanol–water partition coefficient (Wildman–Crippen LogP) is 0.580. The van der Waals surface area contributed by atoms with E-state index in [4.69, 9.17) is 0 Å². The van der Waals surface area contributed by atoms with Crippen molar-refractivity contribution >= 4 is 20.6 Å². The lowest BCUT2D eigenvalue weighted by Crippen LogP contribution is -2.11. The summed E-state index contributed by atoms with van der Waals surface area (Å²) in [5.74, 6) is 1.49. The van der Waals surface area contributed by atoms with Gasteiger partial charge in [0.1, 0.15) is 9.84 Å². The maximum atomic E-state index is 11.0. The minimum absolute atomic E-state index is 0.176. The molecule has 0 aliphatic heterocycles. The molecule has 1 atom stereocenters. The largest absolute Gasteiger partial charge is 0.260 e. The predicted molar refractivity (Wildman–Crippen MR) is 52.5 cm³/mol. The fourth-order valence-corrected chi connectivity index (χ4v) is 2.54. The van der Waals surface area contributed by atoms with Gasteiger partial charge in [0.25, 0.3) is 0 Å². The summed E-state index contributed by atoms with van der Waals surface area (Å²) in [5, 5.41) is 0. The molecule has 0 N–H and O–H groups in total. The zero-order chi connectivity index (χ0) is 9.61. The summed E-state index contributed by atoms with van der Waals surface area (Å²) < 4.78 is 32.8. The topological polar surface area (TPSA) is 51.2 Å². The second-order valence-corrected chi connectivity index (χ2v) is 6.86.